The van der Waals surface area contributed by atoms with Crippen molar-refractivity contribution in [3.63, 3.8) is 0 Å². The Balaban J connectivity index is 4.28. The van der Waals surface area contributed by atoms with Gasteiger partial charge in [-0.25, -0.2) is 0 Å². The third kappa shape index (κ3) is 58.2. The van der Waals surface area contributed by atoms with E-state index in [2.05, 4.69) is 81.5 Å². The van der Waals surface area contributed by atoms with Gasteiger partial charge in [-0.2, -0.15) is 0 Å². The fourth-order valence-corrected chi connectivity index (χ4v) is 8.97. The Bertz CT molecular complexity index is 1200. The third-order valence-corrected chi connectivity index (χ3v) is 13.5. The van der Waals surface area contributed by atoms with E-state index in [4.69, 9.17) is 14.2 Å². The fraction of sp³-hybridized carbons (Fsp3) is 0.815. The summed E-state index contributed by atoms with van der Waals surface area (Å²) in [6.45, 7) is 7.75. The molecule has 5 nitrogen and oxygen atoms in total. The molecule has 0 amide bonds. The second kappa shape index (κ2) is 60.9. The molecule has 0 rings (SSSR count). The maximum absolute atomic E-state index is 12.9. The molecule has 5 heteroatoms. The summed E-state index contributed by atoms with van der Waals surface area (Å²) < 4.78 is 17.5. The number of esters is 2. The number of ether oxygens (including phenoxy) is 3. The van der Waals surface area contributed by atoms with Gasteiger partial charge in [0.15, 0.2) is 6.10 Å². The minimum absolute atomic E-state index is 0.0792. The van der Waals surface area contributed by atoms with Gasteiger partial charge >= 0.3 is 11.9 Å². The highest BCUT2D eigenvalue weighted by molar-refractivity contribution is 5.70. The lowest BCUT2D eigenvalue weighted by atomic mass is 10.0. The van der Waals surface area contributed by atoms with Crippen LogP contribution in [0.2, 0.25) is 0 Å². The first kappa shape index (κ1) is 67.6. The Labute approximate surface area is 436 Å². The average molecular weight is 980 g/mol. The number of allylic oxidation sites excluding steroid dienone is 10. The summed E-state index contributed by atoms with van der Waals surface area (Å²) in [7, 11) is 0. The molecule has 0 saturated heterocycles. The Morgan fingerprint density at radius 3 is 1.04 bits per heavy atom. The smallest absolute Gasteiger partial charge is 0.306 e. The van der Waals surface area contributed by atoms with Crippen LogP contribution in [0, 0.1) is 0 Å². The summed E-state index contributed by atoms with van der Waals surface area (Å²) in [4.78, 5) is 25.6. The Morgan fingerprint density at radius 1 is 0.329 bits per heavy atom. The highest BCUT2D eigenvalue weighted by Crippen LogP contribution is 2.16. The normalized spacial score (nSPS) is 12.6. The van der Waals surface area contributed by atoms with E-state index in [0.717, 1.165) is 77.0 Å². The summed E-state index contributed by atoms with van der Waals surface area (Å²) >= 11 is 0. The maximum atomic E-state index is 12.9. The molecule has 0 aliphatic rings. The largest absolute Gasteiger partial charge is 0.462 e. The van der Waals surface area contributed by atoms with Crippen LogP contribution >= 0.6 is 0 Å². The van der Waals surface area contributed by atoms with Crippen LogP contribution in [0.1, 0.15) is 316 Å². The molecule has 0 heterocycles. The second-order valence-corrected chi connectivity index (χ2v) is 20.6. The number of unbranched alkanes of at least 4 members (excludes halogenated alkanes) is 36. The fourth-order valence-electron chi connectivity index (χ4n) is 8.97. The molecule has 0 aromatic rings. The van der Waals surface area contributed by atoms with Crippen molar-refractivity contribution in [3.05, 3.63) is 60.8 Å². The first-order valence-corrected chi connectivity index (χ1v) is 30.8. The van der Waals surface area contributed by atoms with Crippen LogP contribution in [0.25, 0.3) is 0 Å². The van der Waals surface area contributed by atoms with Crippen molar-refractivity contribution in [3.8, 4) is 0 Å². The molecule has 0 aromatic carbocycles. The number of carbonyl (C=O) groups is 2. The zero-order valence-corrected chi connectivity index (χ0v) is 47.0. The third-order valence-electron chi connectivity index (χ3n) is 13.5. The lowest BCUT2D eigenvalue weighted by Crippen LogP contribution is -2.30. The van der Waals surface area contributed by atoms with Crippen LogP contribution in [0.15, 0.2) is 60.8 Å². The zero-order chi connectivity index (χ0) is 50.6. The summed E-state index contributed by atoms with van der Waals surface area (Å²) in [6, 6.07) is 0. The van der Waals surface area contributed by atoms with E-state index in [1.54, 1.807) is 0 Å². The highest BCUT2D eigenvalue weighted by Gasteiger charge is 2.17. The minimum atomic E-state index is -0.544. The Hall–Kier alpha value is -2.40. The molecule has 0 aromatic heterocycles. The lowest BCUT2D eigenvalue weighted by Gasteiger charge is -2.18. The number of carbonyl (C=O) groups excluding carboxylic acids is 2. The van der Waals surface area contributed by atoms with E-state index in [1.807, 2.05) is 0 Å². The van der Waals surface area contributed by atoms with Crippen LogP contribution in [0.4, 0.5) is 0 Å². The van der Waals surface area contributed by atoms with Crippen molar-refractivity contribution in [1.29, 1.82) is 0 Å². The minimum Gasteiger partial charge on any atom is -0.462 e. The molecule has 0 aliphatic heterocycles. The van der Waals surface area contributed by atoms with E-state index in [9.17, 15) is 9.59 Å². The SMILES string of the molecule is CC/C=C\C/C=C\C/C=C\C/C=C\CCCCCCCCC(=O)OCC(COCCCCCCCCCC/C=C\CCCCCCCC)OC(=O)CCCCCCCCCCCCCCCCCCC. The van der Waals surface area contributed by atoms with Gasteiger partial charge in [0.1, 0.15) is 6.61 Å². The summed E-state index contributed by atoms with van der Waals surface area (Å²) in [5, 5.41) is 0. The average Bonchev–Trinajstić information content (AvgIpc) is 3.36. The van der Waals surface area contributed by atoms with Gasteiger partial charge < -0.3 is 14.2 Å². The Morgan fingerprint density at radius 2 is 0.643 bits per heavy atom. The van der Waals surface area contributed by atoms with Crippen molar-refractivity contribution in [2.24, 2.45) is 0 Å². The molecule has 0 spiro atoms. The standard InChI is InChI=1S/C65H118O5/c1-4-7-10-13-16-19-22-25-28-31-33-35-37-40-43-46-49-52-55-58-64(66)69-62-63(61-68-60-57-54-51-48-45-42-39-36-32-29-26-23-20-17-14-11-8-5-2)70-65(67)59-56-53-50-47-44-41-38-34-30-27-24-21-18-15-12-9-6-3/h7,10,16,19,25-26,28-29,33,35,63H,4-6,8-9,11-15,17-18,20-24,27,30-32,34,36-62H2,1-3H3/b10-7-,19-16-,28-25-,29-26-,35-33-. The zero-order valence-electron chi connectivity index (χ0n) is 47.0. The molecule has 408 valence electrons. The van der Waals surface area contributed by atoms with Crippen molar-refractivity contribution in [2.75, 3.05) is 19.8 Å². The molecule has 0 radical (unpaired) electrons. The molecule has 1 atom stereocenters. The van der Waals surface area contributed by atoms with Gasteiger partial charge in [-0.1, -0.05) is 281 Å². The molecular weight excluding hydrogens is 861 g/mol. The second-order valence-electron chi connectivity index (χ2n) is 20.6. The van der Waals surface area contributed by atoms with Gasteiger partial charge in [0.2, 0.25) is 0 Å². The van der Waals surface area contributed by atoms with Crippen molar-refractivity contribution in [2.45, 2.75) is 322 Å². The molecule has 0 fully saturated rings. The van der Waals surface area contributed by atoms with Crippen LogP contribution in [-0.2, 0) is 23.8 Å². The van der Waals surface area contributed by atoms with Crippen molar-refractivity contribution < 1.29 is 23.8 Å². The van der Waals surface area contributed by atoms with E-state index >= 15 is 0 Å². The summed E-state index contributed by atoms with van der Waals surface area (Å²) in [6.07, 6.45) is 78.2. The van der Waals surface area contributed by atoms with Gasteiger partial charge in [-0.15, -0.1) is 0 Å². The maximum Gasteiger partial charge on any atom is 0.306 e. The summed E-state index contributed by atoms with van der Waals surface area (Å²) in [5.41, 5.74) is 0. The van der Waals surface area contributed by atoms with Gasteiger partial charge in [-0.05, 0) is 83.5 Å². The first-order valence-electron chi connectivity index (χ1n) is 30.8. The van der Waals surface area contributed by atoms with Crippen molar-refractivity contribution in [1.82, 2.24) is 0 Å². The van der Waals surface area contributed by atoms with Gasteiger partial charge in [0.25, 0.3) is 0 Å². The van der Waals surface area contributed by atoms with Crippen LogP contribution in [0.3, 0.4) is 0 Å². The van der Waals surface area contributed by atoms with Gasteiger partial charge in [0.05, 0.1) is 6.61 Å². The molecule has 70 heavy (non-hydrogen) atoms. The quantitative estimate of drug-likeness (QED) is 0.0345. The molecular formula is C65H118O5. The number of hydrogen-bond donors (Lipinski definition) is 0. The Kier molecular flexibility index (Phi) is 58.8. The highest BCUT2D eigenvalue weighted by atomic mass is 16.6. The first-order chi connectivity index (χ1) is 34.6. The molecule has 1 unspecified atom stereocenters. The predicted molar refractivity (Wildman–Crippen MR) is 307 cm³/mol. The van der Waals surface area contributed by atoms with Crippen LogP contribution in [0.5, 0.6) is 0 Å². The van der Waals surface area contributed by atoms with Crippen LogP contribution in [-0.4, -0.2) is 37.9 Å². The van der Waals surface area contributed by atoms with Crippen molar-refractivity contribution >= 4 is 11.9 Å². The predicted octanol–water partition coefficient (Wildman–Crippen LogP) is 21.2. The molecule has 0 N–H and O–H groups in total. The monoisotopic (exact) mass is 979 g/mol. The van der Waals surface area contributed by atoms with E-state index < -0.39 is 6.10 Å². The number of rotatable bonds is 57. The number of hydrogen-bond acceptors (Lipinski definition) is 5. The van der Waals surface area contributed by atoms with Crippen LogP contribution < -0.4 is 0 Å². The topological polar surface area (TPSA) is 61.8 Å². The van der Waals surface area contributed by atoms with Gasteiger partial charge in [0, 0.05) is 19.4 Å². The van der Waals surface area contributed by atoms with Gasteiger partial charge in [-0.3, -0.25) is 9.59 Å². The molecule has 0 saturated carbocycles. The van der Waals surface area contributed by atoms with E-state index in [-0.39, 0.29) is 25.2 Å². The summed E-state index contributed by atoms with van der Waals surface area (Å²) in [5.74, 6) is -0.398. The lowest BCUT2D eigenvalue weighted by molar-refractivity contribution is -0.163. The molecule has 0 bridgehead atoms. The van der Waals surface area contributed by atoms with E-state index in [0.29, 0.717) is 19.4 Å². The molecule has 0 aliphatic carbocycles. The van der Waals surface area contributed by atoms with E-state index in [1.165, 1.54) is 205 Å².